The molecule has 0 radical (unpaired) electrons. The van der Waals surface area contributed by atoms with Gasteiger partial charge >= 0.3 is 0 Å². The normalized spacial score (nSPS) is 10.7. The lowest BCUT2D eigenvalue weighted by molar-refractivity contribution is 0.0767. The fourth-order valence-electron chi connectivity index (χ4n) is 2.33. The summed E-state index contributed by atoms with van der Waals surface area (Å²) in [6.07, 6.45) is 3.03. The minimum atomic E-state index is -0.327. The highest BCUT2D eigenvalue weighted by molar-refractivity contribution is 5.92. The third-order valence-corrected chi connectivity index (χ3v) is 3.50. The van der Waals surface area contributed by atoms with E-state index in [1.165, 1.54) is 24.7 Å². The molecule has 23 heavy (non-hydrogen) atoms. The lowest BCUT2D eigenvalue weighted by Gasteiger charge is -2.16. The van der Waals surface area contributed by atoms with Crippen LogP contribution in [0.1, 0.15) is 22.0 Å². The molecule has 0 saturated carbocycles. The van der Waals surface area contributed by atoms with E-state index in [-0.39, 0.29) is 11.7 Å². The molecule has 0 fully saturated rings. The fourth-order valence-corrected chi connectivity index (χ4v) is 2.33. The third-order valence-electron chi connectivity index (χ3n) is 3.50. The quantitative estimate of drug-likeness (QED) is 0.743. The maximum absolute atomic E-state index is 13.0. The van der Waals surface area contributed by atoms with Gasteiger partial charge in [0.2, 0.25) is 0 Å². The number of hydrogen-bond acceptors (Lipinski definition) is 3. The van der Waals surface area contributed by atoms with Gasteiger partial charge in [0.1, 0.15) is 23.0 Å². The highest BCUT2D eigenvalue weighted by atomic mass is 19.1. The highest BCUT2D eigenvalue weighted by Gasteiger charge is 2.18. The summed E-state index contributed by atoms with van der Waals surface area (Å²) in [7, 11) is 1.70. The number of imidazole rings is 1. The summed E-state index contributed by atoms with van der Waals surface area (Å²) in [6.45, 7) is 2.22. The number of hydrogen-bond donors (Lipinski definition) is 0. The zero-order chi connectivity index (χ0) is 16.4. The van der Waals surface area contributed by atoms with E-state index in [0.717, 1.165) is 5.76 Å². The Hall–Kier alpha value is -2.89. The van der Waals surface area contributed by atoms with Gasteiger partial charge in [0.05, 0.1) is 19.1 Å². The lowest BCUT2D eigenvalue weighted by Crippen LogP contribution is -2.27. The molecule has 0 atom stereocenters. The van der Waals surface area contributed by atoms with Crippen molar-refractivity contribution in [3.8, 4) is 5.69 Å². The van der Waals surface area contributed by atoms with E-state index >= 15 is 0 Å². The van der Waals surface area contributed by atoms with Crippen molar-refractivity contribution in [2.45, 2.75) is 13.5 Å². The monoisotopic (exact) mass is 313 g/mol. The molecule has 3 aromatic rings. The minimum Gasteiger partial charge on any atom is -0.464 e. The van der Waals surface area contributed by atoms with Gasteiger partial charge in [-0.05, 0) is 43.3 Å². The summed E-state index contributed by atoms with van der Waals surface area (Å²) in [5, 5.41) is 0. The molecule has 1 amide bonds. The van der Waals surface area contributed by atoms with Gasteiger partial charge in [-0.1, -0.05) is 0 Å². The predicted octanol–water partition coefficient (Wildman–Crippen LogP) is 3.19. The number of aromatic nitrogens is 2. The van der Waals surface area contributed by atoms with Crippen LogP contribution in [0.4, 0.5) is 4.39 Å². The van der Waals surface area contributed by atoms with Gasteiger partial charge < -0.3 is 9.32 Å². The Morgan fingerprint density at radius 1 is 1.26 bits per heavy atom. The maximum Gasteiger partial charge on any atom is 0.272 e. The van der Waals surface area contributed by atoms with Crippen molar-refractivity contribution in [2.24, 2.45) is 0 Å². The number of rotatable bonds is 4. The van der Waals surface area contributed by atoms with Crippen molar-refractivity contribution >= 4 is 5.91 Å². The second-order valence-electron chi connectivity index (χ2n) is 5.30. The molecule has 5 nitrogen and oxygen atoms in total. The molecule has 0 N–H and O–H groups in total. The van der Waals surface area contributed by atoms with Crippen molar-refractivity contribution in [1.82, 2.24) is 14.5 Å². The van der Waals surface area contributed by atoms with E-state index in [1.54, 1.807) is 28.6 Å². The number of amides is 1. The molecule has 0 unspecified atom stereocenters. The Balaban J connectivity index is 1.82. The highest BCUT2D eigenvalue weighted by Crippen LogP contribution is 2.15. The summed E-state index contributed by atoms with van der Waals surface area (Å²) in [4.78, 5) is 18.2. The van der Waals surface area contributed by atoms with Crippen molar-refractivity contribution in [3.63, 3.8) is 0 Å². The summed E-state index contributed by atoms with van der Waals surface area (Å²) in [5.41, 5.74) is 1.08. The van der Waals surface area contributed by atoms with Crippen LogP contribution in [0.15, 0.2) is 53.3 Å². The summed E-state index contributed by atoms with van der Waals surface area (Å²) in [5.74, 6) is 0.997. The van der Waals surface area contributed by atoms with E-state index in [2.05, 4.69) is 4.98 Å². The Kier molecular flexibility index (Phi) is 3.97. The molecule has 0 bridgehead atoms. The van der Waals surface area contributed by atoms with Gasteiger partial charge in [-0.3, -0.25) is 9.36 Å². The molecule has 1 aromatic carbocycles. The number of aryl methyl sites for hydroxylation is 1. The minimum absolute atomic E-state index is 0.194. The third kappa shape index (κ3) is 3.15. The first-order chi connectivity index (χ1) is 11.0. The Bertz CT molecular complexity index is 820. The maximum atomic E-state index is 13.0. The number of nitrogens with zero attached hydrogens (tertiary/aromatic N) is 3. The van der Waals surface area contributed by atoms with Gasteiger partial charge in [-0.2, -0.15) is 0 Å². The Morgan fingerprint density at radius 3 is 2.65 bits per heavy atom. The molecular formula is C17H16FN3O2. The first-order valence-corrected chi connectivity index (χ1v) is 7.13. The molecule has 118 valence electrons. The van der Waals surface area contributed by atoms with Crippen LogP contribution in [-0.2, 0) is 6.54 Å². The van der Waals surface area contributed by atoms with Crippen LogP contribution >= 0.6 is 0 Å². The van der Waals surface area contributed by atoms with Crippen LogP contribution in [0, 0.1) is 12.7 Å². The molecular weight excluding hydrogens is 297 g/mol. The second kappa shape index (κ2) is 6.08. The van der Waals surface area contributed by atoms with Crippen LogP contribution in [0.25, 0.3) is 5.69 Å². The van der Waals surface area contributed by atoms with Gasteiger partial charge in [-0.15, -0.1) is 0 Å². The molecule has 0 aliphatic heterocycles. The molecule has 2 aromatic heterocycles. The van der Waals surface area contributed by atoms with E-state index in [1.807, 2.05) is 19.1 Å². The Morgan fingerprint density at radius 2 is 2.00 bits per heavy atom. The molecule has 3 rings (SSSR count). The smallest absolute Gasteiger partial charge is 0.272 e. The standard InChI is InChI=1S/C17H16FN3O2/c1-12-3-8-15(23-12)10-20(2)17(22)16-9-19-11-21(16)14-6-4-13(18)5-7-14/h3-9,11H,10H2,1-2H3. The van der Waals surface area contributed by atoms with E-state index in [4.69, 9.17) is 4.42 Å². The van der Waals surface area contributed by atoms with Gasteiger partial charge in [0.15, 0.2) is 0 Å². The van der Waals surface area contributed by atoms with Crippen LogP contribution in [0.3, 0.4) is 0 Å². The molecule has 6 heteroatoms. The predicted molar refractivity (Wildman–Crippen MR) is 82.8 cm³/mol. The van der Waals surface area contributed by atoms with Crippen LogP contribution < -0.4 is 0 Å². The van der Waals surface area contributed by atoms with Crippen LogP contribution in [0.5, 0.6) is 0 Å². The van der Waals surface area contributed by atoms with Crippen molar-refractivity contribution in [2.75, 3.05) is 7.05 Å². The first-order valence-electron chi connectivity index (χ1n) is 7.13. The number of halogens is 1. The molecule has 0 spiro atoms. The molecule has 0 aliphatic carbocycles. The zero-order valence-corrected chi connectivity index (χ0v) is 12.9. The van der Waals surface area contributed by atoms with Crippen LogP contribution in [0.2, 0.25) is 0 Å². The van der Waals surface area contributed by atoms with Crippen molar-refractivity contribution in [1.29, 1.82) is 0 Å². The summed E-state index contributed by atoms with van der Waals surface area (Å²) in [6, 6.07) is 9.60. The second-order valence-corrected chi connectivity index (χ2v) is 5.30. The van der Waals surface area contributed by atoms with E-state index in [9.17, 15) is 9.18 Å². The lowest BCUT2D eigenvalue weighted by atomic mass is 10.3. The SMILES string of the molecule is Cc1ccc(CN(C)C(=O)c2cncn2-c2ccc(F)cc2)o1. The topological polar surface area (TPSA) is 51.3 Å². The summed E-state index contributed by atoms with van der Waals surface area (Å²) >= 11 is 0. The van der Waals surface area contributed by atoms with Crippen LogP contribution in [-0.4, -0.2) is 27.4 Å². The first kappa shape index (κ1) is 15.0. The average Bonchev–Trinajstić information content (AvgIpc) is 3.16. The number of benzene rings is 1. The summed E-state index contributed by atoms with van der Waals surface area (Å²) < 4.78 is 20.2. The average molecular weight is 313 g/mol. The van der Waals surface area contributed by atoms with E-state index < -0.39 is 0 Å². The number of furan rings is 1. The number of carbonyl (C=O) groups is 1. The Labute approximate surface area is 133 Å². The fraction of sp³-hybridized carbons (Fsp3) is 0.176. The molecule has 0 aliphatic rings. The van der Waals surface area contributed by atoms with Crippen molar-refractivity contribution < 1.29 is 13.6 Å². The van der Waals surface area contributed by atoms with E-state index in [0.29, 0.717) is 23.7 Å². The number of carbonyl (C=O) groups excluding carboxylic acids is 1. The molecule has 2 heterocycles. The van der Waals surface area contributed by atoms with Gasteiger partial charge in [0.25, 0.3) is 5.91 Å². The molecule has 0 saturated heterocycles. The van der Waals surface area contributed by atoms with Gasteiger partial charge in [0, 0.05) is 12.7 Å². The van der Waals surface area contributed by atoms with Crippen molar-refractivity contribution in [3.05, 3.63) is 72.0 Å². The van der Waals surface area contributed by atoms with Gasteiger partial charge in [-0.25, -0.2) is 9.37 Å². The largest absolute Gasteiger partial charge is 0.464 e. The zero-order valence-electron chi connectivity index (χ0n) is 12.9.